The van der Waals surface area contributed by atoms with Gasteiger partial charge in [0.05, 0.1) is 31.7 Å². The zero-order chi connectivity index (χ0) is 12.7. The van der Waals surface area contributed by atoms with Gasteiger partial charge in [0.2, 0.25) is 0 Å². The fraction of sp³-hybridized carbons (Fsp3) is 0.700. The van der Waals surface area contributed by atoms with E-state index < -0.39 is 7.60 Å². The van der Waals surface area contributed by atoms with Crippen molar-refractivity contribution < 1.29 is 18.3 Å². The van der Waals surface area contributed by atoms with Gasteiger partial charge in [-0.3, -0.25) is 4.57 Å². The van der Waals surface area contributed by atoms with Crippen LogP contribution in [-0.4, -0.2) is 25.3 Å². The molecule has 0 saturated heterocycles. The number of ether oxygens (including phenoxy) is 1. The molecule has 0 spiro atoms. The Balaban J connectivity index is 2.68. The Labute approximate surface area is 106 Å². The van der Waals surface area contributed by atoms with Gasteiger partial charge < -0.3 is 13.8 Å². The van der Waals surface area contributed by atoms with Crippen LogP contribution in [0.3, 0.4) is 0 Å². The van der Waals surface area contributed by atoms with Gasteiger partial charge in [-0.05, 0) is 13.8 Å². The van der Waals surface area contributed by atoms with Crippen LogP contribution in [0, 0.1) is 0 Å². The van der Waals surface area contributed by atoms with E-state index in [0.29, 0.717) is 19.8 Å². The summed E-state index contributed by atoms with van der Waals surface area (Å²) in [6, 6.07) is 0. The van der Waals surface area contributed by atoms with E-state index in [9.17, 15) is 4.57 Å². The molecule has 0 aliphatic heterocycles. The maximum atomic E-state index is 12.2. The van der Waals surface area contributed by atoms with E-state index in [1.54, 1.807) is 21.0 Å². The predicted molar refractivity (Wildman–Crippen MR) is 67.4 cm³/mol. The lowest BCUT2D eigenvalue weighted by Gasteiger charge is -2.15. The van der Waals surface area contributed by atoms with Gasteiger partial charge in [0.25, 0.3) is 0 Å². The van der Waals surface area contributed by atoms with E-state index in [0.717, 1.165) is 10.7 Å². The number of hydrogen-bond donors (Lipinski definition) is 0. The summed E-state index contributed by atoms with van der Waals surface area (Å²) in [6.07, 6.45) is 0.217. The van der Waals surface area contributed by atoms with Crippen molar-refractivity contribution in [2.24, 2.45) is 0 Å². The first-order chi connectivity index (χ1) is 8.13. The zero-order valence-corrected chi connectivity index (χ0v) is 12.1. The van der Waals surface area contributed by atoms with Crippen molar-refractivity contribution in [1.82, 2.24) is 4.98 Å². The van der Waals surface area contributed by atoms with Crippen LogP contribution in [0.25, 0.3) is 0 Å². The van der Waals surface area contributed by atoms with E-state index >= 15 is 0 Å². The van der Waals surface area contributed by atoms with E-state index in [1.165, 1.54) is 11.3 Å². The summed E-state index contributed by atoms with van der Waals surface area (Å²) in [5.41, 5.74) is 0.729. The summed E-state index contributed by atoms with van der Waals surface area (Å²) in [5.74, 6) is 0. The molecule has 0 saturated carbocycles. The monoisotopic (exact) mass is 279 g/mol. The standard InChI is InChI=1S/C10H18NO4PS/c1-4-14-16(12,15-5-2)7-9-8-17-10(11-9)6-13-3/h8H,4-7H2,1-3H3. The van der Waals surface area contributed by atoms with Gasteiger partial charge in [0.15, 0.2) is 0 Å². The number of hydrogen-bond acceptors (Lipinski definition) is 6. The molecule has 98 valence electrons. The average Bonchev–Trinajstić information content (AvgIpc) is 2.66. The van der Waals surface area contributed by atoms with Crippen LogP contribution in [0.5, 0.6) is 0 Å². The molecule has 5 nitrogen and oxygen atoms in total. The van der Waals surface area contributed by atoms with E-state index in [-0.39, 0.29) is 6.16 Å². The van der Waals surface area contributed by atoms with Gasteiger partial charge in [-0.1, -0.05) is 0 Å². The summed E-state index contributed by atoms with van der Waals surface area (Å²) in [4.78, 5) is 4.31. The third kappa shape index (κ3) is 4.85. The molecule has 7 heteroatoms. The van der Waals surface area contributed by atoms with Crippen LogP contribution in [0.1, 0.15) is 24.5 Å². The van der Waals surface area contributed by atoms with E-state index in [2.05, 4.69) is 4.98 Å². The predicted octanol–water partition coefficient (Wildman–Crippen LogP) is 3.06. The first-order valence-electron chi connectivity index (χ1n) is 5.44. The minimum absolute atomic E-state index is 0.217. The number of rotatable bonds is 8. The van der Waals surface area contributed by atoms with E-state index in [4.69, 9.17) is 13.8 Å². The number of methoxy groups -OCH3 is 1. The summed E-state index contributed by atoms with van der Waals surface area (Å²) in [5, 5.41) is 2.72. The minimum Gasteiger partial charge on any atom is -0.378 e. The highest BCUT2D eigenvalue weighted by Crippen LogP contribution is 2.51. The summed E-state index contributed by atoms with van der Waals surface area (Å²) >= 11 is 1.48. The SMILES string of the molecule is CCOP(=O)(Cc1csc(COC)n1)OCC. The van der Waals surface area contributed by atoms with Crippen LogP contribution in [0.2, 0.25) is 0 Å². The minimum atomic E-state index is -3.04. The van der Waals surface area contributed by atoms with Crippen LogP contribution in [0.4, 0.5) is 0 Å². The maximum Gasteiger partial charge on any atom is 0.336 e. The number of aromatic nitrogens is 1. The molecule has 0 unspecified atom stereocenters. The molecule has 1 heterocycles. The quantitative estimate of drug-likeness (QED) is 0.684. The molecule has 0 radical (unpaired) electrons. The Hall–Kier alpha value is -0.260. The van der Waals surface area contributed by atoms with Gasteiger partial charge >= 0.3 is 7.60 Å². The lowest BCUT2D eigenvalue weighted by Crippen LogP contribution is -1.99. The van der Waals surface area contributed by atoms with Gasteiger partial charge in [0.1, 0.15) is 5.01 Å². The molecule has 1 aromatic rings. The first-order valence-corrected chi connectivity index (χ1v) is 8.04. The third-order valence-corrected chi connectivity index (χ3v) is 4.76. The fourth-order valence-electron chi connectivity index (χ4n) is 1.33. The second-order valence-electron chi connectivity index (χ2n) is 3.27. The Morgan fingerprint density at radius 3 is 2.53 bits per heavy atom. The summed E-state index contributed by atoms with van der Waals surface area (Å²) < 4.78 is 27.6. The molecular formula is C10H18NO4PS. The molecule has 0 aliphatic carbocycles. The van der Waals surface area contributed by atoms with Crippen LogP contribution < -0.4 is 0 Å². The highest BCUT2D eigenvalue weighted by Gasteiger charge is 2.25. The number of thiazole rings is 1. The topological polar surface area (TPSA) is 57.7 Å². The van der Waals surface area contributed by atoms with Crippen LogP contribution in [-0.2, 0) is 31.1 Å². The smallest absolute Gasteiger partial charge is 0.336 e. The average molecular weight is 279 g/mol. The van der Waals surface area contributed by atoms with Crippen molar-refractivity contribution in [2.45, 2.75) is 26.6 Å². The zero-order valence-electron chi connectivity index (χ0n) is 10.3. The third-order valence-electron chi connectivity index (χ3n) is 1.87. The van der Waals surface area contributed by atoms with Crippen molar-refractivity contribution in [3.8, 4) is 0 Å². The Morgan fingerprint density at radius 2 is 2.00 bits per heavy atom. The lowest BCUT2D eigenvalue weighted by molar-refractivity contribution is 0.184. The largest absolute Gasteiger partial charge is 0.378 e. The number of nitrogens with zero attached hydrogens (tertiary/aromatic N) is 1. The molecule has 17 heavy (non-hydrogen) atoms. The van der Waals surface area contributed by atoms with Gasteiger partial charge in [-0.2, -0.15) is 0 Å². The summed E-state index contributed by atoms with van der Waals surface area (Å²) in [6.45, 7) is 4.79. The molecule has 0 atom stereocenters. The van der Waals surface area contributed by atoms with Crippen molar-refractivity contribution in [3.63, 3.8) is 0 Å². The molecule has 0 bridgehead atoms. The maximum absolute atomic E-state index is 12.2. The molecule has 1 aromatic heterocycles. The molecule has 0 aromatic carbocycles. The second kappa shape index (κ2) is 7.24. The highest BCUT2D eigenvalue weighted by atomic mass is 32.1. The van der Waals surface area contributed by atoms with Gasteiger partial charge in [-0.25, -0.2) is 4.98 Å². The van der Waals surface area contributed by atoms with Crippen molar-refractivity contribution >= 4 is 18.9 Å². The van der Waals surface area contributed by atoms with Gasteiger partial charge in [-0.15, -0.1) is 11.3 Å². The molecule has 0 aliphatic rings. The van der Waals surface area contributed by atoms with Gasteiger partial charge in [0, 0.05) is 12.5 Å². The molecule has 0 amide bonds. The van der Waals surface area contributed by atoms with Crippen LogP contribution >= 0.6 is 18.9 Å². The lowest BCUT2D eigenvalue weighted by atomic mass is 10.6. The van der Waals surface area contributed by atoms with Crippen molar-refractivity contribution in [1.29, 1.82) is 0 Å². The summed E-state index contributed by atoms with van der Waals surface area (Å²) in [7, 11) is -1.43. The van der Waals surface area contributed by atoms with Crippen LogP contribution in [0.15, 0.2) is 5.38 Å². The molecule has 0 fully saturated rings. The first kappa shape index (κ1) is 14.8. The Morgan fingerprint density at radius 1 is 1.35 bits per heavy atom. The fourth-order valence-corrected chi connectivity index (χ4v) is 3.82. The molecular weight excluding hydrogens is 261 g/mol. The second-order valence-corrected chi connectivity index (χ2v) is 6.27. The van der Waals surface area contributed by atoms with Crippen molar-refractivity contribution in [3.05, 3.63) is 16.1 Å². The molecule has 1 rings (SSSR count). The normalized spacial score (nSPS) is 11.9. The highest BCUT2D eigenvalue weighted by molar-refractivity contribution is 7.53. The van der Waals surface area contributed by atoms with Crippen molar-refractivity contribution in [2.75, 3.05) is 20.3 Å². The molecule has 0 N–H and O–H groups in total. The Kier molecular flexibility index (Phi) is 6.30. The van der Waals surface area contributed by atoms with E-state index in [1.807, 2.05) is 5.38 Å². The Bertz CT molecular complexity index is 372.